The van der Waals surface area contributed by atoms with Crippen molar-refractivity contribution in [3.05, 3.63) is 0 Å². The first-order chi connectivity index (χ1) is 8.52. The summed E-state index contributed by atoms with van der Waals surface area (Å²) in [4.78, 5) is 26.6. The van der Waals surface area contributed by atoms with Crippen molar-refractivity contribution in [1.82, 2.24) is 9.80 Å². The molecule has 2 rings (SSSR count). The highest BCUT2D eigenvalue weighted by Crippen LogP contribution is 2.30. The lowest BCUT2D eigenvalue weighted by atomic mass is 10.2. The Morgan fingerprint density at radius 2 is 2.22 bits per heavy atom. The van der Waals surface area contributed by atoms with Gasteiger partial charge in [-0.25, -0.2) is 9.59 Å². The fourth-order valence-corrected chi connectivity index (χ4v) is 3.45. The van der Waals surface area contributed by atoms with Crippen LogP contribution in [0.5, 0.6) is 0 Å². The maximum atomic E-state index is 12.4. The number of amides is 2. The van der Waals surface area contributed by atoms with Gasteiger partial charge in [0.2, 0.25) is 0 Å². The van der Waals surface area contributed by atoms with Crippen LogP contribution in [-0.4, -0.2) is 70.4 Å². The summed E-state index contributed by atoms with van der Waals surface area (Å²) < 4.78 is 5.26. The third-order valence-corrected chi connectivity index (χ3v) is 4.70. The lowest BCUT2D eigenvalue weighted by molar-refractivity contribution is -0.141. The number of nitrogens with zero attached hydrogens (tertiary/aromatic N) is 2. The summed E-state index contributed by atoms with van der Waals surface area (Å²) in [7, 11) is 1.72. The summed E-state index contributed by atoms with van der Waals surface area (Å²) in [6.45, 7) is 3.06. The molecule has 0 bridgehead atoms. The van der Waals surface area contributed by atoms with Gasteiger partial charge < -0.3 is 14.7 Å². The van der Waals surface area contributed by atoms with E-state index in [1.165, 1.54) is 16.7 Å². The van der Waals surface area contributed by atoms with Gasteiger partial charge in [0, 0.05) is 19.4 Å². The minimum atomic E-state index is -0.934. The average Bonchev–Trinajstić information content (AvgIpc) is 2.95. The molecule has 0 radical (unpaired) electrons. The maximum Gasteiger partial charge on any atom is 0.327 e. The van der Waals surface area contributed by atoms with E-state index in [1.807, 2.05) is 6.92 Å². The van der Waals surface area contributed by atoms with Gasteiger partial charge in [-0.2, -0.15) is 0 Å². The Balaban J connectivity index is 2.08. The lowest BCUT2D eigenvalue weighted by Crippen LogP contribution is -2.52. The van der Waals surface area contributed by atoms with Crippen LogP contribution in [0.25, 0.3) is 0 Å². The number of hydrogen-bond donors (Lipinski definition) is 1. The van der Waals surface area contributed by atoms with Gasteiger partial charge >= 0.3 is 12.0 Å². The van der Waals surface area contributed by atoms with Crippen molar-refractivity contribution in [3.63, 3.8) is 0 Å². The molecular weight excluding hydrogens is 256 g/mol. The zero-order valence-corrected chi connectivity index (χ0v) is 11.4. The summed E-state index contributed by atoms with van der Waals surface area (Å²) >= 11 is 1.50. The zero-order chi connectivity index (χ0) is 13.3. The van der Waals surface area contributed by atoms with Crippen LogP contribution < -0.4 is 0 Å². The molecule has 102 valence electrons. The average molecular weight is 274 g/mol. The van der Waals surface area contributed by atoms with Gasteiger partial charge in [0.1, 0.15) is 6.04 Å². The second-order valence-corrected chi connectivity index (χ2v) is 5.95. The topological polar surface area (TPSA) is 70.1 Å². The van der Waals surface area contributed by atoms with Crippen LogP contribution >= 0.6 is 11.8 Å². The number of carboxylic acids is 1. The molecule has 2 aliphatic rings. The number of urea groups is 1. The van der Waals surface area contributed by atoms with E-state index in [-0.39, 0.29) is 17.4 Å². The number of carbonyl (C=O) groups is 2. The normalized spacial score (nSPS) is 31.7. The Labute approximate surface area is 110 Å². The number of carboxylic acid groups (broad SMARTS) is 1. The highest BCUT2D eigenvalue weighted by Gasteiger charge is 2.42. The summed E-state index contributed by atoms with van der Waals surface area (Å²) in [5.74, 6) is -0.478. The predicted molar refractivity (Wildman–Crippen MR) is 67.6 cm³/mol. The predicted octanol–water partition coefficient (Wildman–Crippen LogP) is 0.675. The number of carbonyl (C=O) groups excluding carboxylic acids is 1. The molecule has 18 heavy (non-hydrogen) atoms. The van der Waals surface area contributed by atoms with Crippen LogP contribution in [0.2, 0.25) is 0 Å². The third-order valence-electron chi connectivity index (χ3n) is 3.48. The molecule has 2 heterocycles. The third kappa shape index (κ3) is 2.42. The molecule has 0 spiro atoms. The molecule has 6 nitrogen and oxygen atoms in total. The lowest BCUT2D eigenvalue weighted by Gasteiger charge is -2.32. The molecular formula is C11H18N2O4S. The van der Waals surface area contributed by atoms with Crippen LogP contribution in [0.4, 0.5) is 4.79 Å². The van der Waals surface area contributed by atoms with Crippen molar-refractivity contribution >= 4 is 23.8 Å². The Morgan fingerprint density at radius 3 is 2.78 bits per heavy atom. The molecule has 0 aromatic heterocycles. The Bertz CT molecular complexity index is 346. The SMILES string of the molecule is CC1SCC(C(=O)O)N1C(=O)N(C)C1CCOC1. The minimum absolute atomic E-state index is 0.0599. The van der Waals surface area contributed by atoms with Crippen molar-refractivity contribution in [2.75, 3.05) is 26.0 Å². The van der Waals surface area contributed by atoms with Crippen molar-refractivity contribution in [2.45, 2.75) is 30.8 Å². The van der Waals surface area contributed by atoms with Crippen LogP contribution in [-0.2, 0) is 9.53 Å². The molecule has 0 aromatic carbocycles. The maximum absolute atomic E-state index is 12.4. The van der Waals surface area contributed by atoms with Crippen LogP contribution in [0, 0.1) is 0 Å². The first kappa shape index (κ1) is 13.5. The summed E-state index contributed by atoms with van der Waals surface area (Å²) in [6, 6.07) is -0.873. The van der Waals surface area contributed by atoms with Gasteiger partial charge in [-0.1, -0.05) is 0 Å². The van der Waals surface area contributed by atoms with Gasteiger partial charge in [0.15, 0.2) is 0 Å². The van der Waals surface area contributed by atoms with Gasteiger partial charge in [0.05, 0.1) is 18.0 Å². The number of ether oxygens (including phenoxy) is 1. The molecule has 1 N–H and O–H groups in total. The van der Waals surface area contributed by atoms with Crippen molar-refractivity contribution in [3.8, 4) is 0 Å². The monoisotopic (exact) mass is 274 g/mol. The van der Waals surface area contributed by atoms with Crippen LogP contribution in [0.1, 0.15) is 13.3 Å². The number of likely N-dealkylation sites (N-methyl/N-ethyl adjacent to an activating group) is 1. The van der Waals surface area contributed by atoms with Crippen molar-refractivity contribution < 1.29 is 19.4 Å². The fourth-order valence-electron chi connectivity index (χ4n) is 2.29. The highest BCUT2D eigenvalue weighted by molar-refractivity contribution is 8.00. The smallest absolute Gasteiger partial charge is 0.327 e. The van der Waals surface area contributed by atoms with Crippen molar-refractivity contribution in [2.24, 2.45) is 0 Å². The summed E-state index contributed by atoms with van der Waals surface area (Å²) in [5, 5.41) is 9.05. The largest absolute Gasteiger partial charge is 0.480 e. The van der Waals surface area contributed by atoms with Gasteiger partial charge in [-0.05, 0) is 13.3 Å². The van der Waals surface area contributed by atoms with E-state index in [0.717, 1.165) is 6.42 Å². The van der Waals surface area contributed by atoms with Crippen LogP contribution in [0.15, 0.2) is 0 Å². The van der Waals surface area contributed by atoms with E-state index >= 15 is 0 Å². The van der Waals surface area contributed by atoms with E-state index in [4.69, 9.17) is 9.84 Å². The molecule has 0 aliphatic carbocycles. The molecule has 0 saturated carbocycles. The zero-order valence-electron chi connectivity index (χ0n) is 10.5. The van der Waals surface area contributed by atoms with Crippen molar-refractivity contribution in [1.29, 1.82) is 0 Å². The van der Waals surface area contributed by atoms with E-state index < -0.39 is 12.0 Å². The number of rotatable bonds is 2. The highest BCUT2D eigenvalue weighted by atomic mass is 32.2. The second-order valence-electron chi connectivity index (χ2n) is 4.60. The quantitative estimate of drug-likeness (QED) is 0.801. The first-order valence-electron chi connectivity index (χ1n) is 5.99. The Kier molecular flexibility index (Phi) is 4.01. The number of hydrogen-bond acceptors (Lipinski definition) is 4. The number of thioether (sulfide) groups is 1. The van der Waals surface area contributed by atoms with Crippen LogP contribution in [0.3, 0.4) is 0 Å². The van der Waals surface area contributed by atoms with E-state index in [1.54, 1.807) is 11.9 Å². The Morgan fingerprint density at radius 1 is 1.50 bits per heavy atom. The molecule has 3 atom stereocenters. The summed E-state index contributed by atoms with van der Waals surface area (Å²) in [5.41, 5.74) is 0. The Hall–Kier alpha value is -0.950. The molecule has 2 aliphatic heterocycles. The van der Waals surface area contributed by atoms with E-state index in [0.29, 0.717) is 19.0 Å². The molecule has 2 fully saturated rings. The summed E-state index contributed by atoms with van der Waals surface area (Å²) in [6.07, 6.45) is 0.815. The molecule has 0 aromatic rings. The minimum Gasteiger partial charge on any atom is -0.480 e. The fraction of sp³-hybridized carbons (Fsp3) is 0.818. The molecule has 2 amide bonds. The number of aliphatic carboxylic acids is 1. The molecule has 3 unspecified atom stereocenters. The van der Waals surface area contributed by atoms with E-state index in [2.05, 4.69) is 0 Å². The second kappa shape index (κ2) is 5.36. The molecule has 7 heteroatoms. The van der Waals surface area contributed by atoms with Gasteiger partial charge in [-0.15, -0.1) is 11.8 Å². The van der Waals surface area contributed by atoms with Gasteiger partial charge in [0.25, 0.3) is 0 Å². The molecule has 2 saturated heterocycles. The van der Waals surface area contributed by atoms with E-state index in [9.17, 15) is 9.59 Å². The first-order valence-corrected chi connectivity index (χ1v) is 7.04. The standard InChI is InChI=1S/C11H18N2O4S/c1-7-13(9(6-18-7)10(14)15)11(16)12(2)8-3-4-17-5-8/h7-9H,3-6H2,1-2H3,(H,14,15). The van der Waals surface area contributed by atoms with Gasteiger partial charge in [-0.3, -0.25) is 4.90 Å².